The van der Waals surface area contributed by atoms with Gasteiger partial charge in [0.15, 0.2) is 0 Å². The normalized spacial score (nSPS) is 32.5. The molecule has 3 aliphatic heterocycles. The monoisotopic (exact) mass is 321 g/mol. The fourth-order valence-corrected chi connectivity index (χ4v) is 4.85. The van der Waals surface area contributed by atoms with Crippen molar-refractivity contribution in [3.05, 3.63) is 0 Å². The second kappa shape index (κ2) is 7.20. The van der Waals surface area contributed by atoms with Crippen LogP contribution in [0.4, 0.5) is 0 Å². The van der Waals surface area contributed by atoms with Crippen molar-refractivity contribution >= 4 is 11.8 Å². The van der Waals surface area contributed by atoms with Crippen molar-refractivity contribution < 1.29 is 9.59 Å². The lowest BCUT2D eigenvalue weighted by Gasteiger charge is -2.38. The van der Waals surface area contributed by atoms with Gasteiger partial charge in [0, 0.05) is 38.6 Å². The summed E-state index contributed by atoms with van der Waals surface area (Å²) in [6, 6.07) is 0.955. The molecule has 0 aromatic heterocycles. The third-order valence-electron chi connectivity index (χ3n) is 6.06. The Morgan fingerprint density at radius 1 is 0.957 bits per heavy atom. The Morgan fingerprint density at radius 2 is 1.65 bits per heavy atom. The Labute approximate surface area is 140 Å². The van der Waals surface area contributed by atoms with Crippen molar-refractivity contribution in [3.63, 3.8) is 0 Å². The van der Waals surface area contributed by atoms with Crippen LogP contribution in [0.1, 0.15) is 52.4 Å². The molecule has 0 aromatic carbocycles. The van der Waals surface area contributed by atoms with Crippen LogP contribution in [0.25, 0.3) is 0 Å². The molecule has 3 aliphatic rings. The molecule has 0 spiro atoms. The Bertz CT molecular complexity index is 454. The Balaban J connectivity index is 1.67. The highest BCUT2D eigenvalue weighted by Crippen LogP contribution is 2.32. The van der Waals surface area contributed by atoms with Gasteiger partial charge in [0.05, 0.1) is 5.92 Å². The van der Waals surface area contributed by atoms with Crippen molar-refractivity contribution in [3.8, 4) is 0 Å². The molecule has 0 radical (unpaired) electrons. The molecule has 0 aromatic rings. The van der Waals surface area contributed by atoms with Gasteiger partial charge in [-0.3, -0.25) is 14.5 Å². The summed E-state index contributed by atoms with van der Waals surface area (Å²) in [6.07, 6.45) is 6.67. The second-order valence-corrected chi connectivity index (χ2v) is 7.38. The first-order valence-corrected chi connectivity index (χ1v) is 9.42. The maximum absolute atomic E-state index is 13.1. The van der Waals surface area contributed by atoms with Crippen molar-refractivity contribution in [1.29, 1.82) is 0 Å². The first-order valence-electron chi connectivity index (χ1n) is 9.42. The number of rotatable bonds is 3. The highest BCUT2D eigenvalue weighted by molar-refractivity contribution is 5.81. The van der Waals surface area contributed by atoms with Gasteiger partial charge in [0.25, 0.3) is 0 Å². The Hall–Kier alpha value is -1.10. The Morgan fingerprint density at radius 3 is 2.39 bits per heavy atom. The van der Waals surface area contributed by atoms with Crippen LogP contribution in [0.15, 0.2) is 0 Å². The molecule has 0 aliphatic carbocycles. The van der Waals surface area contributed by atoms with Crippen molar-refractivity contribution in [2.75, 3.05) is 32.7 Å². The lowest BCUT2D eigenvalue weighted by atomic mass is 9.95. The van der Waals surface area contributed by atoms with Crippen LogP contribution in [0, 0.1) is 5.92 Å². The van der Waals surface area contributed by atoms with Gasteiger partial charge in [-0.15, -0.1) is 0 Å². The van der Waals surface area contributed by atoms with Crippen molar-refractivity contribution in [2.45, 2.75) is 64.5 Å². The van der Waals surface area contributed by atoms with E-state index >= 15 is 0 Å². The predicted molar refractivity (Wildman–Crippen MR) is 90.0 cm³/mol. The van der Waals surface area contributed by atoms with Crippen molar-refractivity contribution in [2.24, 2.45) is 5.92 Å². The zero-order valence-corrected chi connectivity index (χ0v) is 14.7. The summed E-state index contributed by atoms with van der Waals surface area (Å²) < 4.78 is 0. The molecule has 130 valence electrons. The van der Waals surface area contributed by atoms with Gasteiger partial charge in [-0.05, 0) is 51.6 Å². The summed E-state index contributed by atoms with van der Waals surface area (Å²) >= 11 is 0. The summed E-state index contributed by atoms with van der Waals surface area (Å²) in [6.45, 7) is 8.46. The SMILES string of the molecule is CCN1CCC[C@@H]1[C@H]1CCCN1C(=O)[C@@H]1CCCN(C(C)=O)C1. The molecule has 5 heteroatoms. The first-order chi connectivity index (χ1) is 11.1. The number of amides is 2. The average Bonchev–Trinajstić information content (AvgIpc) is 3.22. The molecule has 5 nitrogen and oxygen atoms in total. The lowest BCUT2D eigenvalue weighted by Crippen LogP contribution is -2.52. The van der Waals surface area contributed by atoms with Crippen LogP contribution in [0.5, 0.6) is 0 Å². The summed E-state index contributed by atoms with van der Waals surface area (Å²) in [7, 11) is 0. The van der Waals surface area contributed by atoms with Crippen molar-refractivity contribution in [1.82, 2.24) is 14.7 Å². The maximum Gasteiger partial charge on any atom is 0.227 e. The van der Waals surface area contributed by atoms with Crippen LogP contribution in [0.2, 0.25) is 0 Å². The lowest BCUT2D eigenvalue weighted by molar-refractivity contribution is -0.141. The molecular weight excluding hydrogens is 290 g/mol. The molecule has 3 rings (SSSR count). The van der Waals surface area contributed by atoms with Gasteiger partial charge < -0.3 is 9.80 Å². The molecular formula is C18H31N3O2. The number of hydrogen-bond acceptors (Lipinski definition) is 3. The van der Waals surface area contributed by atoms with Crippen LogP contribution in [0.3, 0.4) is 0 Å². The number of nitrogens with zero attached hydrogens (tertiary/aromatic N) is 3. The highest BCUT2D eigenvalue weighted by atomic mass is 16.2. The topological polar surface area (TPSA) is 43.9 Å². The van der Waals surface area contributed by atoms with E-state index in [1.54, 1.807) is 6.92 Å². The number of likely N-dealkylation sites (N-methyl/N-ethyl adjacent to an activating group) is 1. The molecule has 3 fully saturated rings. The summed E-state index contributed by atoms with van der Waals surface area (Å²) in [5, 5.41) is 0. The molecule has 0 saturated carbocycles. The second-order valence-electron chi connectivity index (χ2n) is 7.38. The van der Waals surface area contributed by atoms with Gasteiger partial charge in [-0.25, -0.2) is 0 Å². The summed E-state index contributed by atoms with van der Waals surface area (Å²) in [4.78, 5) is 31.3. The highest BCUT2D eigenvalue weighted by Gasteiger charge is 2.41. The fraction of sp³-hybridized carbons (Fsp3) is 0.889. The Kier molecular flexibility index (Phi) is 5.24. The first kappa shape index (κ1) is 16.7. The van der Waals surface area contributed by atoms with E-state index < -0.39 is 0 Å². The third-order valence-corrected chi connectivity index (χ3v) is 6.06. The minimum Gasteiger partial charge on any atom is -0.342 e. The van der Waals surface area contributed by atoms with E-state index in [1.807, 2.05) is 4.90 Å². The predicted octanol–water partition coefficient (Wildman–Crippen LogP) is 1.72. The largest absolute Gasteiger partial charge is 0.342 e. The van der Waals surface area contributed by atoms with Crippen LogP contribution in [-0.4, -0.2) is 71.3 Å². The number of carbonyl (C=O) groups excluding carboxylic acids is 2. The standard InChI is InChI=1S/C18H31N3O2/c1-3-19-10-5-8-16(19)17-9-6-12-21(17)18(23)15-7-4-11-20(13-15)14(2)22/h15-17H,3-13H2,1-2H3/t15-,16-,17-/m1/s1. The number of likely N-dealkylation sites (tertiary alicyclic amines) is 3. The minimum atomic E-state index is 0.0183. The van der Waals surface area contributed by atoms with E-state index in [-0.39, 0.29) is 11.8 Å². The molecule has 3 saturated heterocycles. The number of hydrogen-bond donors (Lipinski definition) is 0. The van der Waals surface area contributed by atoms with E-state index in [0.29, 0.717) is 24.5 Å². The van der Waals surface area contributed by atoms with Crippen LogP contribution in [-0.2, 0) is 9.59 Å². The van der Waals surface area contributed by atoms with E-state index in [9.17, 15) is 9.59 Å². The number of carbonyl (C=O) groups is 2. The fourth-order valence-electron chi connectivity index (χ4n) is 4.85. The van der Waals surface area contributed by atoms with E-state index in [2.05, 4.69) is 16.7 Å². The molecule has 3 heterocycles. The van der Waals surface area contributed by atoms with Gasteiger partial charge in [-0.2, -0.15) is 0 Å². The smallest absolute Gasteiger partial charge is 0.227 e. The molecule has 0 unspecified atom stereocenters. The van der Waals surface area contributed by atoms with Crippen LogP contribution >= 0.6 is 0 Å². The summed E-state index contributed by atoms with van der Waals surface area (Å²) in [5.74, 6) is 0.430. The minimum absolute atomic E-state index is 0.0183. The van der Waals surface area contributed by atoms with E-state index in [0.717, 1.165) is 45.3 Å². The van der Waals surface area contributed by atoms with Gasteiger partial charge in [-0.1, -0.05) is 6.92 Å². The zero-order valence-electron chi connectivity index (χ0n) is 14.7. The van der Waals surface area contributed by atoms with Crippen LogP contribution < -0.4 is 0 Å². The molecule has 2 amide bonds. The molecule has 23 heavy (non-hydrogen) atoms. The van der Waals surface area contributed by atoms with Gasteiger partial charge in [0.1, 0.15) is 0 Å². The quantitative estimate of drug-likeness (QED) is 0.795. The van der Waals surface area contributed by atoms with E-state index in [4.69, 9.17) is 0 Å². The molecule has 0 bridgehead atoms. The zero-order chi connectivity index (χ0) is 16.4. The maximum atomic E-state index is 13.1. The van der Waals surface area contributed by atoms with Gasteiger partial charge >= 0.3 is 0 Å². The van der Waals surface area contributed by atoms with Gasteiger partial charge in [0.2, 0.25) is 11.8 Å². The van der Waals surface area contributed by atoms with E-state index in [1.165, 1.54) is 19.4 Å². The molecule has 0 N–H and O–H groups in total. The number of piperidine rings is 1. The summed E-state index contributed by atoms with van der Waals surface area (Å²) in [5.41, 5.74) is 0. The third kappa shape index (κ3) is 3.39. The molecule has 3 atom stereocenters. The average molecular weight is 321 g/mol.